The van der Waals surface area contributed by atoms with Gasteiger partial charge in [-0.1, -0.05) is 49.7 Å². The Morgan fingerprint density at radius 1 is 1.17 bits per heavy atom. The van der Waals surface area contributed by atoms with Crippen LogP contribution in [0.3, 0.4) is 0 Å². The highest BCUT2D eigenvalue weighted by Gasteiger charge is 2.42. The molecule has 0 aliphatic heterocycles. The van der Waals surface area contributed by atoms with Crippen LogP contribution in [0, 0.1) is 17.6 Å². The van der Waals surface area contributed by atoms with Crippen molar-refractivity contribution in [1.82, 2.24) is 0 Å². The summed E-state index contributed by atoms with van der Waals surface area (Å²) in [5, 5.41) is 1.15. The second kappa shape index (κ2) is 8.68. The van der Waals surface area contributed by atoms with Crippen molar-refractivity contribution in [3.63, 3.8) is 0 Å². The van der Waals surface area contributed by atoms with Crippen molar-refractivity contribution in [3.05, 3.63) is 69.6 Å². The van der Waals surface area contributed by atoms with Crippen LogP contribution in [0.1, 0.15) is 43.8 Å². The van der Waals surface area contributed by atoms with Gasteiger partial charge in [-0.3, -0.25) is 4.57 Å². The van der Waals surface area contributed by atoms with Gasteiger partial charge in [0.2, 0.25) is 0 Å². The number of fused-ring (bicyclic) bond motifs is 1. The summed E-state index contributed by atoms with van der Waals surface area (Å²) in [6.45, 7) is 7.30. The third-order valence-corrected chi connectivity index (χ3v) is 9.36. The van der Waals surface area contributed by atoms with Gasteiger partial charge < -0.3 is 9.42 Å². The lowest BCUT2D eigenvalue weighted by Gasteiger charge is -2.34. The summed E-state index contributed by atoms with van der Waals surface area (Å²) < 4.78 is 47.4. The molecule has 2 aromatic carbocycles. The minimum Gasteiger partial charge on any atom is -0.324 e. The van der Waals surface area contributed by atoms with Crippen molar-refractivity contribution in [2.45, 2.75) is 45.4 Å². The first-order valence-corrected chi connectivity index (χ1v) is 12.4. The summed E-state index contributed by atoms with van der Waals surface area (Å²) in [5.41, 5.74) is -1.52. The summed E-state index contributed by atoms with van der Waals surface area (Å²) in [5.74, 6) is -2.01. The van der Waals surface area contributed by atoms with Gasteiger partial charge in [0.05, 0.1) is 10.6 Å². The van der Waals surface area contributed by atoms with Crippen LogP contribution < -0.4 is 0 Å². The smallest absolute Gasteiger partial charge is 0.324 e. The second-order valence-electron chi connectivity index (χ2n) is 8.16. The number of rotatable bonds is 7. The Labute approximate surface area is 184 Å². The largest absolute Gasteiger partial charge is 0.337 e. The predicted molar refractivity (Wildman–Crippen MR) is 119 cm³/mol. The Hall–Kier alpha value is -1.30. The second-order valence-corrected chi connectivity index (χ2v) is 11.6. The van der Waals surface area contributed by atoms with Gasteiger partial charge in [0.25, 0.3) is 0 Å². The topological polar surface area (TPSA) is 46.5 Å². The van der Waals surface area contributed by atoms with E-state index >= 15 is 0 Å². The lowest BCUT2D eigenvalue weighted by atomic mass is 9.95. The highest BCUT2D eigenvalue weighted by molar-refractivity contribution is 7.53. The highest BCUT2D eigenvalue weighted by atomic mass is 35.5. The molecule has 3 rings (SSSR count). The molecule has 2 unspecified atom stereocenters. The van der Waals surface area contributed by atoms with Crippen LogP contribution in [-0.2, 0) is 15.5 Å². The van der Waals surface area contributed by atoms with Crippen molar-refractivity contribution in [2.75, 3.05) is 0 Å². The normalized spacial score (nSPS) is 15.5. The number of benzene rings is 2. The molecule has 0 amide bonds. The molecule has 1 N–H and O–H groups in total. The van der Waals surface area contributed by atoms with Crippen molar-refractivity contribution in [1.29, 1.82) is 0 Å². The van der Waals surface area contributed by atoms with Crippen LogP contribution in [0.15, 0.2) is 42.5 Å². The summed E-state index contributed by atoms with van der Waals surface area (Å²) in [6.07, 6.45) is -0.0221. The maximum Gasteiger partial charge on any atom is 0.337 e. The average Bonchev–Trinajstić information content (AvgIpc) is 2.98. The van der Waals surface area contributed by atoms with Crippen LogP contribution in [0.5, 0.6) is 0 Å². The van der Waals surface area contributed by atoms with Crippen LogP contribution in [0.2, 0.25) is 5.02 Å². The fraction of sp³-hybridized carbons (Fsp3) is 0.364. The zero-order chi connectivity index (χ0) is 22.3. The van der Waals surface area contributed by atoms with Crippen molar-refractivity contribution >= 4 is 40.6 Å². The molecule has 8 heteroatoms. The van der Waals surface area contributed by atoms with E-state index in [0.29, 0.717) is 15.5 Å². The number of thiophene rings is 1. The molecule has 1 aromatic heterocycles. The Bertz CT molecular complexity index is 1110. The molecule has 0 spiro atoms. The summed E-state index contributed by atoms with van der Waals surface area (Å²) in [4.78, 5) is 11.6. The third-order valence-electron chi connectivity index (χ3n) is 5.43. The Balaban J connectivity index is 2.11. The minimum atomic E-state index is -4.26. The highest BCUT2D eigenvalue weighted by Crippen LogP contribution is 2.63. The van der Waals surface area contributed by atoms with E-state index in [1.54, 1.807) is 13.8 Å². The standard InChI is InChI=1S/C22H24ClF2O3PS/c1-13(2)22(3,4)28-29(26,27)18(12-14-9-10-16(24)17(25)11-14)21-20(23)15-7-5-6-8-19(15)30-21/h5-11,13,18H,12H2,1-4H3,(H,26,27). The number of halogens is 3. The Morgan fingerprint density at radius 3 is 2.43 bits per heavy atom. The zero-order valence-corrected chi connectivity index (χ0v) is 19.6. The molecule has 0 radical (unpaired) electrons. The monoisotopic (exact) mass is 472 g/mol. The Kier molecular flexibility index (Phi) is 6.76. The molecule has 0 bridgehead atoms. The first-order valence-electron chi connectivity index (χ1n) is 9.56. The zero-order valence-electron chi connectivity index (χ0n) is 17.2. The molecule has 3 nitrogen and oxygen atoms in total. The van der Waals surface area contributed by atoms with Gasteiger partial charge in [-0.25, -0.2) is 8.78 Å². The molecule has 0 aliphatic rings. The fourth-order valence-corrected chi connectivity index (χ4v) is 7.06. The predicted octanol–water partition coefficient (Wildman–Crippen LogP) is 7.75. The maximum atomic E-state index is 13.8. The average molecular weight is 473 g/mol. The van der Waals surface area contributed by atoms with Crippen LogP contribution in [0.25, 0.3) is 10.1 Å². The lowest BCUT2D eigenvalue weighted by molar-refractivity contribution is 0.0449. The van der Waals surface area contributed by atoms with Crippen molar-refractivity contribution < 1.29 is 22.8 Å². The summed E-state index contributed by atoms with van der Waals surface area (Å²) >= 11 is 7.91. The molecule has 0 aliphatic carbocycles. The number of hydrogen-bond donors (Lipinski definition) is 1. The van der Waals surface area contributed by atoms with Crippen LogP contribution in [0.4, 0.5) is 8.78 Å². The van der Waals surface area contributed by atoms with Crippen molar-refractivity contribution in [3.8, 4) is 0 Å². The quantitative estimate of drug-likeness (QED) is 0.357. The molecule has 162 valence electrons. The summed E-state index contributed by atoms with van der Waals surface area (Å²) in [7, 11) is -4.26. The van der Waals surface area contributed by atoms with E-state index in [1.807, 2.05) is 38.1 Å². The first kappa shape index (κ1) is 23.4. The molecule has 30 heavy (non-hydrogen) atoms. The maximum absolute atomic E-state index is 13.8. The van der Waals surface area contributed by atoms with Crippen LogP contribution >= 0.6 is 30.5 Å². The lowest BCUT2D eigenvalue weighted by Crippen LogP contribution is -2.30. The molecule has 0 saturated carbocycles. The van der Waals surface area contributed by atoms with Gasteiger partial charge in [0.15, 0.2) is 11.6 Å². The van der Waals surface area contributed by atoms with Gasteiger partial charge in [0, 0.05) is 15.0 Å². The van der Waals surface area contributed by atoms with Gasteiger partial charge >= 0.3 is 7.60 Å². The van der Waals surface area contributed by atoms with E-state index in [1.165, 1.54) is 17.4 Å². The van der Waals surface area contributed by atoms with E-state index in [9.17, 15) is 18.2 Å². The molecular formula is C22H24ClF2O3PS. The first-order chi connectivity index (χ1) is 13.9. The molecule has 3 aromatic rings. The molecular weight excluding hydrogens is 449 g/mol. The minimum absolute atomic E-state index is 0.0221. The van der Waals surface area contributed by atoms with Gasteiger partial charge in [-0.15, -0.1) is 11.3 Å². The van der Waals surface area contributed by atoms with E-state index in [0.717, 1.165) is 22.2 Å². The van der Waals surface area contributed by atoms with E-state index in [2.05, 4.69) is 0 Å². The number of hydrogen-bond acceptors (Lipinski definition) is 3. The van der Waals surface area contributed by atoms with Crippen molar-refractivity contribution in [2.24, 2.45) is 5.92 Å². The van der Waals surface area contributed by atoms with E-state index in [4.69, 9.17) is 16.1 Å². The third kappa shape index (κ3) is 4.79. The summed E-state index contributed by atoms with van der Waals surface area (Å²) in [6, 6.07) is 10.9. The van der Waals surface area contributed by atoms with Gasteiger partial charge in [-0.05, 0) is 49.9 Å². The van der Waals surface area contributed by atoms with E-state index < -0.39 is 30.5 Å². The fourth-order valence-electron chi connectivity index (χ4n) is 3.00. The molecule has 1 heterocycles. The molecule has 0 saturated heterocycles. The molecule has 2 atom stereocenters. The van der Waals surface area contributed by atoms with Crippen LogP contribution in [-0.4, -0.2) is 10.5 Å². The Morgan fingerprint density at radius 2 is 1.83 bits per heavy atom. The SMILES string of the molecule is CC(C)C(C)(C)OP(=O)(O)C(Cc1ccc(F)c(F)c1)c1sc2ccccc2c1Cl. The molecule has 0 fully saturated rings. The van der Waals surface area contributed by atoms with Gasteiger partial charge in [0.1, 0.15) is 5.66 Å². The van der Waals surface area contributed by atoms with E-state index in [-0.39, 0.29) is 12.3 Å². The van der Waals surface area contributed by atoms with Gasteiger partial charge in [-0.2, -0.15) is 0 Å².